The number of rotatable bonds is 7. The van der Waals surface area contributed by atoms with Crippen molar-refractivity contribution in [3.8, 4) is 11.5 Å². The molecule has 0 heterocycles. The second kappa shape index (κ2) is 9.84. The number of carbonyl (C=O) groups excluding carboxylic acids is 2. The predicted molar refractivity (Wildman–Crippen MR) is 120 cm³/mol. The van der Waals surface area contributed by atoms with E-state index in [4.69, 9.17) is 9.47 Å². The lowest BCUT2D eigenvalue weighted by atomic mass is 10.1. The Morgan fingerprint density at radius 3 is 1.93 bits per heavy atom. The average molecular weight is 423 g/mol. The van der Waals surface area contributed by atoms with Gasteiger partial charge >= 0.3 is 0 Å². The Morgan fingerprint density at radius 2 is 1.37 bits per heavy atom. The lowest BCUT2D eigenvalue weighted by Gasteiger charge is -2.11. The molecule has 0 aliphatic carbocycles. The van der Waals surface area contributed by atoms with E-state index in [2.05, 4.69) is 10.6 Å². The highest BCUT2D eigenvalue weighted by atomic mass is 32.2. The number of amides is 2. The summed E-state index contributed by atoms with van der Waals surface area (Å²) in [5, 5.41) is 5.65. The molecule has 0 unspecified atom stereocenters. The van der Waals surface area contributed by atoms with Crippen molar-refractivity contribution in [1.29, 1.82) is 0 Å². The molecule has 0 spiro atoms. The van der Waals surface area contributed by atoms with Gasteiger partial charge in [0.1, 0.15) is 11.5 Å². The van der Waals surface area contributed by atoms with Crippen LogP contribution in [0, 0.1) is 0 Å². The van der Waals surface area contributed by atoms with E-state index in [1.165, 1.54) is 7.11 Å². The smallest absolute Gasteiger partial charge is 0.259 e. The number of hydrogen-bond acceptors (Lipinski definition) is 5. The van der Waals surface area contributed by atoms with Gasteiger partial charge in [0.15, 0.2) is 0 Å². The summed E-state index contributed by atoms with van der Waals surface area (Å²) in [4.78, 5) is 26.0. The Hall–Kier alpha value is -3.45. The molecule has 0 saturated carbocycles. The summed E-state index contributed by atoms with van der Waals surface area (Å²) in [5.41, 5.74) is 2.17. The van der Waals surface area contributed by atoms with E-state index < -0.39 is 0 Å². The topological polar surface area (TPSA) is 76.7 Å². The third-order valence-electron chi connectivity index (χ3n) is 4.41. The molecular formula is C23H22N2O4S. The van der Waals surface area contributed by atoms with Crippen molar-refractivity contribution in [2.75, 3.05) is 31.1 Å². The van der Waals surface area contributed by atoms with Crippen molar-refractivity contribution in [1.82, 2.24) is 0 Å². The highest BCUT2D eigenvalue weighted by molar-refractivity contribution is 7.98. The Bertz CT molecular complexity index is 1030. The lowest BCUT2D eigenvalue weighted by Crippen LogP contribution is -2.14. The third kappa shape index (κ3) is 5.12. The highest BCUT2D eigenvalue weighted by Gasteiger charge is 2.14. The second-order valence-corrected chi connectivity index (χ2v) is 7.16. The molecule has 154 valence electrons. The summed E-state index contributed by atoms with van der Waals surface area (Å²) in [6.07, 6.45) is 1.96. The molecule has 2 N–H and O–H groups in total. The number of hydrogen-bond donors (Lipinski definition) is 2. The molecule has 0 aromatic heterocycles. The third-order valence-corrected chi connectivity index (χ3v) is 5.13. The normalized spacial score (nSPS) is 10.2. The van der Waals surface area contributed by atoms with Gasteiger partial charge in [-0.15, -0.1) is 11.8 Å². The molecule has 7 heteroatoms. The van der Waals surface area contributed by atoms with Gasteiger partial charge in [-0.2, -0.15) is 0 Å². The van der Waals surface area contributed by atoms with Crippen molar-refractivity contribution >= 4 is 35.0 Å². The Kier molecular flexibility index (Phi) is 6.98. The molecule has 0 aliphatic rings. The zero-order valence-corrected chi connectivity index (χ0v) is 17.7. The maximum absolute atomic E-state index is 12.6. The van der Waals surface area contributed by atoms with Crippen molar-refractivity contribution < 1.29 is 19.1 Å². The van der Waals surface area contributed by atoms with Gasteiger partial charge in [-0.05, 0) is 73.0 Å². The van der Waals surface area contributed by atoms with Gasteiger partial charge in [-0.1, -0.05) is 0 Å². The molecular weight excluding hydrogens is 400 g/mol. The number of anilines is 2. The average Bonchev–Trinajstić information content (AvgIpc) is 2.79. The van der Waals surface area contributed by atoms with Gasteiger partial charge in [0.05, 0.1) is 19.8 Å². The van der Waals surface area contributed by atoms with Crippen LogP contribution in [0.15, 0.2) is 71.6 Å². The van der Waals surface area contributed by atoms with E-state index in [9.17, 15) is 9.59 Å². The first kappa shape index (κ1) is 21.3. The fourth-order valence-corrected chi connectivity index (χ4v) is 3.20. The molecule has 3 aromatic carbocycles. The summed E-state index contributed by atoms with van der Waals surface area (Å²) >= 11 is 1.57. The fraction of sp³-hybridized carbons (Fsp3) is 0.130. The van der Waals surface area contributed by atoms with Crippen LogP contribution in [0.5, 0.6) is 11.5 Å². The molecule has 0 aliphatic heterocycles. The number of thioether (sulfide) groups is 1. The molecule has 30 heavy (non-hydrogen) atoms. The molecule has 0 saturated heterocycles. The molecule has 0 fully saturated rings. The van der Waals surface area contributed by atoms with Gasteiger partial charge in [0.25, 0.3) is 11.8 Å². The maximum Gasteiger partial charge on any atom is 0.259 e. The van der Waals surface area contributed by atoms with E-state index in [1.54, 1.807) is 73.5 Å². The van der Waals surface area contributed by atoms with Crippen LogP contribution in [0.3, 0.4) is 0 Å². The van der Waals surface area contributed by atoms with Gasteiger partial charge in [-0.25, -0.2) is 0 Å². The minimum Gasteiger partial charge on any atom is -0.497 e. The summed E-state index contributed by atoms with van der Waals surface area (Å²) < 4.78 is 10.4. The number of carbonyl (C=O) groups is 2. The SMILES string of the molecule is COc1ccc(NC(=O)c2ccc(NC(=O)c3ccc(SC)cc3OC)cc2)cc1. The maximum atomic E-state index is 12.6. The summed E-state index contributed by atoms with van der Waals surface area (Å²) in [6, 6.07) is 19.2. The van der Waals surface area contributed by atoms with Crippen LogP contribution >= 0.6 is 11.8 Å². The second-order valence-electron chi connectivity index (χ2n) is 6.28. The zero-order valence-electron chi connectivity index (χ0n) is 16.9. The fourth-order valence-electron chi connectivity index (χ4n) is 2.77. The first-order valence-corrected chi connectivity index (χ1v) is 10.4. The van der Waals surface area contributed by atoms with Gasteiger partial charge in [0, 0.05) is 21.8 Å². The van der Waals surface area contributed by atoms with Crippen LogP contribution in [-0.4, -0.2) is 32.3 Å². The van der Waals surface area contributed by atoms with Crippen molar-refractivity contribution in [2.24, 2.45) is 0 Å². The van der Waals surface area contributed by atoms with E-state index >= 15 is 0 Å². The highest BCUT2D eigenvalue weighted by Crippen LogP contribution is 2.26. The Labute approximate surface area is 179 Å². The first-order chi connectivity index (χ1) is 14.5. The monoisotopic (exact) mass is 422 g/mol. The van der Waals surface area contributed by atoms with Gasteiger partial charge in [0.2, 0.25) is 0 Å². The summed E-state index contributed by atoms with van der Waals surface area (Å²) in [6.45, 7) is 0. The van der Waals surface area contributed by atoms with Crippen molar-refractivity contribution in [3.05, 3.63) is 77.9 Å². The summed E-state index contributed by atoms with van der Waals surface area (Å²) in [5.74, 6) is 0.699. The van der Waals surface area contributed by atoms with Gasteiger partial charge in [-0.3, -0.25) is 9.59 Å². The number of benzene rings is 3. The van der Waals surface area contributed by atoms with E-state index in [1.807, 2.05) is 18.4 Å². The number of nitrogens with one attached hydrogen (secondary N) is 2. The number of ether oxygens (including phenoxy) is 2. The van der Waals surface area contributed by atoms with Crippen molar-refractivity contribution in [2.45, 2.75) is 4.90 Å². The lowest BCUT2D eigenvalue weighted by molar-refractivity contribution is 0.101. The molecule has 3 rings (SSSR count). The Morgan fingerprint density at radius 1 is 0.767 bits per heavy atom. The van der Waals surface area contributed by atoms with E-state index in [0.29, 0.717) is 34.0 Å². The molecule has 0 bridgehead atoms. The van der Waals surface area contributed by atoms with E-state index in [-0.39, 0.29) is 11.8 Å². The molecule has 0 radical (unpaired) electrons. The van der Waals surface area contributed by atoms with Crippen LogP contribution < -0.4 is 20.1 Å². The number of methoxy groups -OCH3 is 2. The molecule has 2 amide bonds. The Balaban J connectivity index is 1.66. The van der Waals surface area contributed by atoms with Crippen LogP contribution in [0.25, 0.3) is 0 Å². The largest absolute Gasteiger partial charge is 0.497 e. The zero-order chi connectivity index (χ0) is 21.5. The van der Waals surface area contributed by atoms with Crippen LogP contribution in [0.4, 0.5) is 11.4 Å². The molecule has 3 aromatic rings. The van der Waals surface area contributed by atoms with Crippen LogP contribution in [0.2, 0.25) is 0 Å². The van der Waals surface area contributed by atoms with E-state index in [0.717, 1.165) is 4.90 Å². The van der Waals surface area contributed by atoms with Crippen LogP contribution in [-0.2, 0) is 0 Å². The molecule has 6 nitrogen and oxygen atoms in total. The van der Waals surface area contributed by atoms with Gasteiger partial charge < -0.3 is 20.1 Å². The molecule has 0 atom stereocenters. The van der Waals surface area contributed by atoms with Crippen molar-refractivity contribution in [3.63, 3.8) is 0 Å². The minimum atomic E-state index is -0.282. The standard InChI is InChI=1S/C23H22N2O4S/c1-28-18-10-8-17(9-11-18)24-22(26)15-4-6-16(7-5-15)25-23(27)20-13-12-19(30-3)14-21(20)29-2/h4-14H,1-3H3,(H,24,26)(H,25,27). The first-order valence-electron chi connectivity index (χ1n) is 9.13. The van der Waals surface area contributed by atoms with Crippen LogP contribution in [0.1, 0.15) is 20.7 Å². The summed E-state index contributed by atoms with van der Waals surface area (Å²) in [7, 11) is 3.12. The minimum absolute atomic E-state index is 0.243. The predicted octanol–water partition coefficient (Wildman–Crippen LogP) is 4.93. The quantitative estimate of drug-likeness (QED) is 0.528.